The molecule has 0 radical (unpaired) electrons. The zero-order valence-corrected chi connectivity index (χ0v) is 39.4. The first-order valence-electron chi connectivity index (χ1n) is 25.7. The van der Waals surface area contributed by atoms with Crippen LogP contribution in [0.25, 0.3) is 98.8 Å². The molecule has 336 valence electrons. The van der Waals surface area contributed by atoms with Crippen molar-refractivity contribution in [2.24, 2.45) is 23.2 Å². The highest BCUT2D eigenvalue weighted by Crippen LogP contribution is 2.92. The first-order valence-corrected chi connectivity index (χ1v) is 25.7. The molecule has 0 N–H and O–H groups in total. The Bertz CT molecular complexity index is 4100. The average molecular weight is 908 g/mol. The number of rotatable bonds is 8. The Morgan fingerprint density at radius 3 is 1.70 bits per heavy atom. The highest BCUT2D eigenvalue weighted by molar-refractivity contribution is 6.29. The summed E-state index contributed by atoms with van der Waals surface area (Å²) >= 11 is 0. The quantitative estimate of drug-likeness (QED) is 0.141. The lowest BCUT2D eigenvalue weighted by molar-refractivity contribution is -0.395. The Morgan fingerprint density at radius 1 is 0.394 bits per heavy atom. The molecule has 71 heavy (non-hydrogen) atoms. The molecule has 0 bridgehead atoms. The van der Waals surface area contributed by atoms with E-state index in [2.05, 4.69) is 235 Å². The summed E-state index contributed by atoms with van der Waals surface area (Å²) in [6.07, 6.45) is 5.75. The maximum atomic E-state index is 7.07. The van der Waals surface area contributed by atoms with Crippen molar-refractivity contribution >= 4 is 71.1 Å². The summed E-state index contributed by atoms with van der Waals surface area (Å²) in [6.45, 7) is 0. The van der Waals surface area contributed by atoms with Crippen LogP contribution in [0.3, 0.4) is 0 Å². The first kappa shape index (κ1) is 39.6. The van der Waals surface area contributed by atoms with Crippen LogP contribution in [0.2, 0.25) is 0 Å². The normalized spacial score (nSPS) is 21.5. The fourth-order valence-electron chi connectivity index (χ4n) is 15.4. The standard InChI is InChI=1S/C69H49NO/c1-3-15-45(16-4-1)64-65-60-24-12-10-22-57(60)62-38-47(28-35-61(62)67(65)71-66(64)46-17-5-2-6-18-46)43-26-31-52(32-27-43)70(53-33-29-48(30-34-53)68-41-50-39-49-40-51(42-68)69(49,50)68)63-37-36-58(56-21-9-11-23-59(56)63)55-25-13-19-44-14-7-8-20-54(44)55/h1-38,49-51H,39-42H2. The van der Waals surface area contributed by atoms with Gasteiger partial charge in [-0.3, -0.25) is 0 Å². The van der Waals surface area contributed by atoms with Gasteiger partial charge in [-0.1, -0.05) is 188 Å². The number of fused-ring (bicyclic) bond motifs is 8. The van der Waals surface area contributed by atoms with E-state index in [4.69, 9.17) is 4.42 Å². The van der Waals surface area contributed by atoms with E-state index in [-0.39, 0.29) is 0 Å². The van der Waals surface area contributed by atoms with Crippen LogP contribution in [0.15, 0.2) is 235 Å². The van der Waals surface area contributed by atoms with Gasteiger partial charge in [0.1, 0.15) is 11.3 Å². The SMILES string of the molecule is c1ccc(-c2oc3c4ccc(-c5ccc(N(c6ccc(C78CC9CC%10CC(C7)C%1098)cc6)c6ccc(-c7cccc8ccccc78)c7ccccc67)cc5)cc4c4ccccc4c3c2-c2ccccc2)cc1. The van der Waals surface area contributed by atoms with E-state index >= 15 is 0 Å². The van der Waals surface area contributed by atoms with Crippen molar-refractivity contribution in [2.45, 2.75) is 31.1 Å². The number of nitrogens with zero attached hydrogens (tertiary/aromatic N) is 1. The maximum absolute atomic E-state index is 7.07. The van der Waals surface area contributed by atoms with Gasteiger partial charge in [-0.15, -0.1) is 0 Å². The van der Waals surface area contributed by atoms with Gasteiger partial charge in [0.25, 0.3) is 0 Å². The third kappa shape index (κ3) is 5.32. The monoisotopic (exact) mass is 907 g/mol. The minimum absolute atomic E-state index is 0.420. The molecule has 12 aromatic rings. The molecule has 0 aliphatic heterocycles. The number of furan rings is 1. The van der Waals surface area contributed by atoms with Crippen LogP contribution >= 0.6 is 0 Å². The summed E-state index contributed by atoms with van der Waals surface area (Å²) in [5.74, 6) is 3.84. The molecular formula is C69H49NO. The molecule has 2 heteroatoms. The zero-order valence-electron chi connectivity index (χ0n) is 39.4. The second kappa shape index (κ2) is 14.7. The molecular weight excluding hydrogens is 859 g/mol. The molecule has 0 saturated heterocycles. The molecule has 4 aliphatic carbocycles. The van der Waals surface area contributed by atoms with E-state index in [1.165, 1.54) is 97.0 Å². The summed E-state index contributed by atoms with van der Waals surface area (Å²) in [6, 6.07) is 85.3. The van der Waals surface area contributed by atoms with Crippen LogP contribution in [0, 0.1) is 23.2 Å². The Balaban J connectivity index is 0.833. The van der Waals surface area contributed by atoms with E-state index < -0.39 is 0 Å². The molecule has 2 unspecified atom stereocenters. The number of hydrogen-bond donors (Lipinski definition) is 0. The molecule has 16 rings (SSSR count). The minimum Gasteiger partial charge on any atom is -0.455 e. The Kier molecular flexibility index (Phi) is 8.19. The zero-order chi connectivity index (χ0) is 46.4. The molecule has 2 nitrogen and oxygen atoms in total. The average Bonchev–Trinajstić information content (AvgIpc) is 3.86. The number of hydrogen-bond acceptors (Lipinski definition) is 2. The lowest BCUT2D eigenvalue weighted by atomic mass is 9.12. The summed E-state index contributed by atoms with van der Waals surface area (Å²) in [5.41, 5.74) is 15.3. The Hall–Kier alpha value is -8.20. The summed E-state index contributed by atoms with van der Waals surface area (Å²) in [4.78, 5) is 2.50. The molecule has 2 atom stereocenters. The van der Waals surface area contributed by atoms with E-state index in [0.29, 0.717) is 10.8 Å². The van der Waals surface area contributed by atoms with Gasteiger partial charge >= 0.3 is 0 Å². The molecule has 11 aromatic carbocycles. The van der Waals surface area contributed by atoms with Crippen LogP contribution in [0.5, 0.6) is 0 Å². The molecule has 4 saturated carbocycles. The third-order valence-electron chi connectivity index (χ3n) is 18.3. The van der Waals surface area contributed by atoms with Crippen molar-refractivity contribution < 1.29 is 4.42 Å². The maximum Gasteiger partial charge on any atom is 0.143 e. The molecule has 4 fully saturated rings. The van der Waals surface area contributed by atoms with Gasteiger partial charge in [0.2, 0.25) is 0 Å². The van der Waals surface area contributed by atoms with Gasteiger partial charge in [-0.2, -0.15) is 0 Å². The van der Waals surface area contributed by atoms with Crippen LogP contribution < -0.4 is 4.90 Å². The molecule has 1 aromatic heterocycles. The molecule has 0 amide bonds. The third-order valence-corrected chi connectivity index (χ3v) is 18.3. The largest absolute Gasteiger partial charge is 0.455 e. The van der Waals surface area contributed by atoms with Crippen LogP contribution in [0.1, 0.15) is 31.2 Å². The summed E-state index contributed by atoms with van der Waals surface area (Å²) in [7, 11) is 0. The lowest BCUT2D eigenvalue weighted by Crippen LogP contribution is -2.87. The fourth-order valence-corrected chi connectivity index (χ4v) is 15.4. The van der Waals surface area contributed by atoms with Crippen molar-refractivity contribution in [3.05, 3.63) is 236 Å². The summed E-state index contributed by atoms with van der Waals surface area (Å²) in [5, 5.41) is 10.9. The fraction of sp³-hybridized carbons (Fsp3) is 0.130. The topological polar surface area (TPSA) is 16.4 Å². The van der Waals surface area contributed by atoms with Gasteiger partial charge in [0.05, 0.1) is 5.69 Å². The first-order chi connectivity index (χ1) is 35.2. The number of benzene rings is 11. The van der Waals surface area contributed by atoms with Crippen molar-refractivity contribution in [1.82, 2.24) is 0 Å². The van der Waals surface area contributed by atoms with Crippen molar-refractivity contribution in [3.63, 3.8) is 0 Å². The van der Waals surface area contributed by atoms with Crippen LogP contribution in [-0.4, -0.2) is 0 Å². The predicted octanol–water partition coefficient (Wildman–Crippen LogP) is 18.9. The molecule has 1 heterocycles. The van der Waals surface area contributed by atoms with Crippen LogP contribution in [0.4, 0.5) is 17.1 Å². The molecule has 1 spiro atoms. The van der Waals surface area contributed by atoms with E-state index in [1.807, 2.05) is 0 Å². The Labute approximate surface area is 413 Å². The second-order valence-electron chi connectivity index (χ2n) is 21.2. The van der Waals surface area contributed by atoms with E-state index in [9.17, 15) is 0 Å². The van der Waals surface area contributed by atoms with E-state index in [0.717, 1.165) is 62.2 Å². The van der Waals surface area contributed by atoms with Gasteiger partial charge in [0, 0.05) is 44.1 Å². The van der Waals surface area contributed by atoms with Crippen molar-refractivity contribution in [1.29, 1.82) is 0 Å². The predicted molar refractivity (Wildman–Crippen MR) is 296 cm³/mol. The lowest BCUT2D eigenvalue weighted by Gasteiger charge is -2.91. The van der Waals surface area contributed by atoms with Gasteiger partial charge in [-0.25, -0.2) is 0 Å². The van der Waals surface area contributed by atoms with Gasteiger partial charge in [0.15, 0.2) is 0 Å². The molecule has 4 aliphatic rings. The van der Waals surface area contributed by atoms with Crippen molar-refractivity contribution in [3.8, 4) is 44.7 Å². The highest BCUT2D eigenvalue weighted by Gasteiger charge is 2.87. The smallest absolute Gasteiger partial charge is 0.143 e. The number of anilines is 3. The second-order valence-corrected chi connectivity index (χ2v) is 21.2. The van der Waals surface area contributed by atoms with Gasteiger partial charge in [-0.05, 0) is 157 Å². The Morgan fingerprint density at radius 2 is 0.986 bits per heavy atom. The summed E-state index contributed by atoms with van der Waals surface area (Å²) < 4.78 is 7.07. The van der Waals surface area contributed by atoms with Crippen LogP contribution in [-0.2, 0) is 5.41 Å². The minimum atomic E-state index is 0.420. The van der Waals surface area contributed by atoms with Crippen molar-refractivity contribution in [2.75, 3.05) is 4.90 Å². The highest BCUT2D eigenvalue weighted by atomic mass is 16.3. The van der Waals surface area contributed by atoms with Gasteiger partial charge < -0.3 is 9.32 Å². The van der Waals surface area contributed by atoms with E-state index in [1.54, 1.807) is 5.56 Å².